The molecule has 0 aliphatic heterocycles. The summed E-state index contributed by atoms with van der Waals surface area (Å²) in [5, 5.41) is 7.17. The minimum atomic E-state index is 0. The van der Waals surface area contributed by atoms with Crippen LogP contribution in [0.1, 0.15) is 55.6 Å². The van der Waals surface area contributed by atoms with Gasteiger partial charge in [-0.25, -0.2) is 4.98 Å². The van der Waals surface area contributed by atoms with Crippen LogP contribution in [0.5, 0.6) is 0 Å². The van der Waals surface area contributed by atoms with Crippen LogP contribution in [0.4, 0.5) is 0 Å². The predicted molar refractivity (Wildman–Crippen MR) is 75.0 cm³/mol. The number of nitrogens with zero attached hydrogens (tertiary/aromatic N) is 1. The molecule has 2 nitrogen and oxygen atoms in total. The Morgan fingerprint density at radius 1 is 1.47 bits per heavy atom. The molecule has 0 aromatic carbocycles. The summed E-state index contributed by atoms with van der Waals surface area (Å²) in [6, 6.07) is 0. The molecule has 1 heterocycles. The van der Waals surface area contributed by atoms with Crippen LogP contribution in [0, 0.1) is 5.41 Å². The largest absolute Gasteiger partial charge is 0.311 e. The number of hydrogen-bond acceptors (Lipinski definition) is 3. The van der Waals surface area contributed by atoms with Crippen molar-refractivity contribution in [3.05, 3.63) is 16.1 Å². The Balaban J connectivity index is 0.00000108. The molecule has 2 aliphatic rings. The second-order valence-corrected chi connectivity index (χ2v) is 6.30. The van der Waals surface area contributed by atoms with Crippen LogP contribution in [-0.4, -0.2) is 11.5 Å². The van der Waals surface area contributed by atoms with Gasteiger partial charge in [0, 0.05) is 24.4 Å². The van der Waals surface area contributed by atoms with Gasteiger partial charge in [-0.3, -0.25) is 0 Å². The minimum Gasteiger partial charge on any atom is -0.311 e. The summed E-state index contributed by atoms with van der Waals surface area (Å²) in [6.45, 7) is 4.45. The van der Waals surface area contributed by atoms with Gasteiger partial charge in [-0.2, -0.15) is 0 Å². The maximum atomic E-state index is 4.69. The molecule has 0 bridgehead atoms. The Bertz CT molecular complexity index is 369. The van der Waals surface area contributed by atoms with Crippen LogP contribution < -0.4 is 5.32 Å². The Labute approximate surface area is 114 Å². The number of hydrogen-bond donors (Lipinski definition) is 1. The quantitative estimate of drug-likeness (QED) is 0.854. The third-order valence-corrected chi connectivity index (χ3v) is 5.07. The third-order valence-electron chi connectivity index (χ3n) is 4.01. The van der Waals surface area contributed by atoms with Crippen LogP contribution in [0.15, 0.2) is 5.38 Å². The molecule has 1 aromatic heterocycles. The zero-order valence-electron chi connectivity index (χ0n) is 10.4. The van der Waals surface area contributed by atoms with Gasteiger partial charge in [0.25, 0.3) is 0 Å². The first-order chi connectivity index (χ1) is 7.81. The molecule has 0 radical (unpaired) electrons. The molecule has 4 heteroatoms. The van der Waals surface area contributed by atoms with E-state index in [0.29, 0.717) is 5.41 Å². The van der Waals surface area contributed by atoms with Gasteiger partial charge in [0.2, 0.25) is 0 Å². The van der Waals surface area contributed by atoms with Crippen molar-refractivity contribution in [2.24, 2.45) is 5.41 Å². The number of halogens is 1. The lowest BCUT2D eigenvalue weighted by atomic mass is 10.0. The predicted octanol–water partition coefficient (Wildman–Crippen LogP) is 3.72. The van der Waals surface area contributed by atoms with Gasteiger partial charge in [-0.1, -0.05) is 6.92 Å². The topological polar surface area (TPSA) is 24.9 Å². The van der Waals surface area contributed by atoms with Crippen LogP contribution in [0.2, 0.25) is 0 Å². The summed E-state index contributed by atoms with van der Waals surface area (Å²) in [5.41, 5.74) is 1.90. The number of aromatic nitrogens is 1. The third kappa shape index (κ3) is 3.21. The smallest absolute Gasteiger partial charge is 0.0959 e. The van der Waals surface area contributed by atoms with Gasteiger partial charge >= 0.3 is 0 Å². The Hall–Kier alpha value is -0.120. The lowest BCUT2D eigenvalue weighted by molar-refractivity contribution is 0.442. The maximum absolute atomic E-state index is 4.69. The van der Waals surface area contributed by atoms with Crippen LogP contribution in [0.3, 0.4) is 0 Å². The fourth-order valence-corrected chi connectivity index (χ4v) is 3.20. The van der Waals surface area contributed by atoms with Crippen molar-refractivity contribution < 1.29 is 0 Å². The first-order valence-corrected chi connectivity index (χ1v) is 7.34. The lowest BCUT2D eigenvalue weighted by Crippen LogP contribution is -2.23. The van der Waals surface area contributed by atoms with E-state index in [1.54, 1.807) is 0 Å². The zero-order valence-corrected chi connectivity index (χ0v) is 12.0. The molecule has 1 N–H and O–H groups in total. The summed E-state index contributed by atoms with van der Waals surface area (Å²) in [6.07, 6.45) is 6.88. The summed E-state index contributed by atoms with van der Waals surface area (Å²) < 4.78 is 0. The van der Waals surface area contributed by atoms with Gasteiger partial charge in [-0.05, 0) is 37.5 Å². The molecule has 0 atom stereocenters. The molecule has 0 unspecified atom stereocenters. The van der Waals surface area contributed by atoms with Crippen molar-refractivity contribution in [2.45, 2.75) is 51.5 Å². The Morgan fingerprint density at radius 2 is 2.24 bits per heavy atom. The fourth-order valence-electron chi connectivity index (χ4n) is 2.21. The van der Waals surface area contributed by atoms with E-state index in [9.17, 15) is 0 Å². The molecule has 0 spiro atoms. The SMILES string of the molecule is CCC1(CNCc2csc(C3CC3)n2)CC1.Cl. The van der Waals surface area contributed by atoms with Crippen molar-refractivity contribution in [3.63, 3.8) is 0 Å². The van der Waals surface area contributed by atoms with Crippen molar-refractivity contribution in [2.75, 3.05) is 6.54 Å². The normalized spacial score (nSPS) is 21.0. The first kappa shape index (κ1) is 13.3. The second-order valence-electron chi connectivity index (χ2n) is 5.41. The zero-order chi connectivity index (χ0) is 11.0. The van der Waals surface area contributed by atoms with E-state index in [-0.39, 0.29) is 12.4 Å². The highest BCUT2D eigenvalue weighted by atomic mass is 35.5. The van der Waals surface area contributed by atoms with E-state index in [0.717, 1.165) is 12.5 Å². The number of thiazole rings is 1. The molecule has 2 fully saturated rings. The summed E-state index contributed by atoms with van der Waals surface area (Å²) in [5.74, 6) is 0.809. The minimum absolute atomic E-state index is 0. The van der Waals surface area contributed by atoms with E-state index < -0.39 is 0 Å². The maximum Gasteiger partial charge on any atom is 0.0959 e. The first-order valence-electron chi connectivity index (χ1n) is 6.46. The molecule has 96 valence electrons. The van der Waals surface area contributed by atoms with E-state index >= 15 is 0 Å². The molecule has 2 saturated carbocycles. The van der Waals surface area contributed by atoms with Crippen LogP contribution in [-0.2, 0) is 6.54 Å². The highest BCUT2D eigenvalue weighted by Gasteiger charge is 2.39. The van der Waals surface area contributed by atoms with Crippen molar-refractivity contribution in [1.82, 2.24) is 10.3 Å². The van der Waals surface area contributed by atoms with Gasteiger partial charge in [0.15, 0.2) is 0 Å². The Kier molecular flexibility index (Phi) is 4.11. The van der Waals surface area contributed by atoms with Gasteiger partial charge in [-0.15, -0.1) is 23.7 Å². The highest BCUT2D eigenvalue weighted by molar-refractivity contribution is 7.09. The van der Waals surface area contributed by atoms with Crippen LogP contribution >= 0.6 is 23.7 Å². The average Bonchev–Trinajstić information content (AvgIpc) is 3.21. The standard InChI is InChI=1S/C13H20N2S.ClH/c1-2-13(5-6-13)9-14-7-11-8-16-12(15-11)10-3-4-10;/h8,10,14H,2-7,9H2,1H3;1H. The summed E-state index contributed by atoms with van der Waals surface area (Å²) in [7, 11) is 0. The van der Waals surface area contributed by atoms with Crippen molar-refractivity contribution in [1.29, 1.82) is 0 Å². The van der Waals surface area contributed by atoms with E-state index in [1.807, 2.05) is 11.3 Å². The van der Waals surface area contributed by atoms with Crippen molar-refractivity contribution in [3.8, 4) is 0 Å². The van der Waals surface area contributed by atoms with E-state index in [2.05, 4.69) is 17.6 Å². The molecule has 17 heavy (non-hydrogen) atoms. The molecule has 0 amide bonds. The molecule has 3 rings (SSSR count). The lowest BCUT2D eigenvalue weighted by Gasteiger charge is -2.12. The fraction of sp³-hybridized carbons (Fsp3) is 0.769. The van der Waals surface area contributed by atoms with E-state index in [4.69, 9.17) is 4.98 Å². The van der Waals surface area contributed by atoms with Gasteiger partial charge in [0.05, 0.1) is 10.7 Å². The number of rotatable bonds is 6. The van der Waals surface area contributed by atoms with Gasteiger partial charge < -0.3 is 5.32 Å². The average molecular weight is 273 g/mol. The summed E-state index contributed by atoms with van der Waals surface area (Å²) in [4.78, 5) is 4.69. The highest BCUT2D eigenvalue weighted by Crippen LogP contribution is 2.47. The van der Waals surface area contributed by atoms with Crippen molar-refractivity contribution >= 4 is 23.7 Å². The van der Waals surface area contributed by atoms with Crippen LogP contribution in [0.25, 0.3) is 0 Å². The van der Waals surface area contributed by atoms with Gasteiger partial charge in [0.1, 0.15) is 0 Å². The Morgan fingerprint density at radius 3 is 2.82 bits per heavy atom. The molecular formula is C13H21ClN2S. The molecule has 1 aromatic rings. The monoisotopic (exact) mass is 272 g/mol. The van der Waals surface area contributed by atoms with E-state index in [1.165, 1.54) is 49.4 Å². The molecule has 2 aliphatic carbocycles. The molecular weight excluding hydrogens is 252 g/mol. The molecule has 0 saturated heterocycles. The number of nitrogens with one attached hydrogen (secondary N) is 1. The second kappa shape index (κ2) is 5.25. The summed E-state index contributed by atoms with van der Waals surface area (Å²) >= 11 is 1.85.